The number of nitrogens with one attached hydrogen (secondary N) is 2. The number of aromatic nitrogens is 2. The number of aromatic amines is 1. The first-order chi connectivity index (χ1) is 15.4. The van der Waals surface area contributed by atoms with E-state index >= 15 is 0 Å². The number of benzene rings is 2. The van der Waals surface area contributed by atoms with Gasteiger partial charge in [-0.05, 0) is 31.9 Å². The standard InChI is InChI=1S/C24H27N3O3S2/c1-17-12-14-18(15-13-17)22-26-23(31-16-21(28)25-19-8-4-2-5-9-19)24(27-22)32(29,30)20-10-6-3-7-11-20/h3,6-7,10-15,19H,2,4-5,8-9,16H2,1H3,(H,25,28)(H,26,27). The number of imidazole rings is 1. The lowest BCUT2D eigenvalue weighted by molar-refractivity contribution is -0.119. The number of hydrogen-bond acceptors (Lipinski definition) is 5. The molecule has 0 atom stereocenters. The lowest BCUT2D eigenvalue weighted by atomic mass is 9.95. The predicted octanol–water partition coefficient (Wildman–Crippen LogP) is 4.76. The first kappa shape index (κ1) is 22.6. The zero-order valence-corrected chi connectivity index (χ0v) is 19.6. The lowest BCUT2D eigenvalue weighted by Gasteiger charge is -2.22. The predicted molar refractivity (Wildman–Crippen MR) is 126 cm³/mol. The minimum absolute atomic E-state index is 0.0229. The van der Waals surface area contributed by atoms with Crippen LogP contribution in [0.1, 0.15) is 37.7 Å². The quantitative estimate of drug-likeness (QED) is 0.487. The molecule has 32 heavy (non-hydrogen) atoms. The normalized spacial score (nSPS) is 14.9. The summed E-state index contributed by atoms with van der Waals surface area (Å²) in [6.07, 6.45) is 5.50. The average molecular weight is 470 g/mol. The van der Waals surface area contributed by atoms with E-state index in [-0.39, 0.29) is 27.6 Å². The van der Waals surface area contributed by atoms with Gasteiger partial charge in [-0.15, -0.1) is 0 Å². The van der Waals surface area contributed by atoms with Crippen molar-refractivity contribution in [3.8, 4) is 11.4 Å². The van der Waals surface area contributed by atoms with E-state index in [4.69, 9.17) is 0 Å². The SMILES string of the molecule is Cc1ccc(-c2nc(SCC(=O)NC3CCCCC3)c(S(=O)(=O)c3ccccc3)[nH]2)cc1. The minimum atomic E-state index is -3.81. The summed E-state index contributed by atoms with van der Waals surface area (Å²) in [5, 5.41) is 3.41. The minimum Gasteiger partial charge on any atom is -0.353 e. The van der Waals surface area contributed by atoms with Gasteiger partial charge in [0.2, 0.25) is 15.7 Å². The number of aryl methyl sites for hydroxylation is 1. The van der Waals surface area contributed by atoms with Gasteiger partial charge in [-0.3, -0.25) is 4.79 Å². The van der Waals surface area contributed by atoms with Gasteiger partial charge in [-0.25, -0.2) is 13.4 Å². The van der Waals surface area contributed by atoms with Gasteiger partial charge in [0.05, 0.1) is 10.6 Å². The van der Waals surface area contributed by atoms with Crippen LogP contribution in [0.3, 0.4) is 0 Å². The van der Waals surface area contributed by atoms with Gasteiger partial charge in [-0.2, -0.15) is 0 Å². The molecule has 1 saturated carbocycles. The summed E-state index contributed by atoms with van der Waals surface area (Å²) in [5.41, 5.74) is 1.89. The molecule has 1 amide bonds. The van der Waals surface area contributed by atoms with Gasteiger partial charge in [0, 0.05) is 11.6 Å². The topological polar surface area (TPSA) is 91.9 Å². The number of amides is 1. The van der Waals surface area contributed by atoms with Crippen molar-refractivity contribution in [2.45, 2.75) is 60.0 Å². The molecule has 168 valence electrons. The van der Waals surface area contributed by atoms with Crippen LogP contribution < -0.4 is 5.32 Å². The molecule has 2 aromatic carbocycles. The Morgan fingerprint density at radius 3 is 2.44 bits per heavy atom. The molecule has 0 aliphatic heterocycles. The Labute approximate surface area is 193 Å². The van der Waals surface area contributed by atoms with Crippen molar-refractivity contribution in [2.24, 2.45) is 0 Å². The van der Waals surface area contributed by atoms with Crippen LogP contribution in [-0.4, -0.2) is 36.1 Å². The fraction of sp³-hybridized carbons (Fsp3) is 0.333. The lowest BCUT2D eigenvalue weighted by Crippen LogP contribution is -2.37. The fourth-order valence-electron chi connectivity index (χ4n) is 3.84. The van der Waals surface area contributed by atoms with Crippen molar-refractivity contribution in [1.29, 1.82) is 0 Å². The summed E-state index contributed by atoms with van der Waals surface area (Å²) in [7, 11) is -3.81. The second-order valence-electron chi connectivity index (χ2n) is 8.09. The van der Waals surface area contributed by atoms with Crippen molar-refractivity contribution in [3.63, 3.8) is 0 Å². The van der Waals surface area contributed by atoms with Crippen molar-refractivity contribution in [2.75, 3.05) is 5.75 Å². The second-order valence-corrected chi connectivity index (χ2v) is 10.9. The molecule has 1 aromatic heterocycles. The number of hydrogen-bond donors (Lipinski definition) is 2. The smallest absolute Gasteiger partial charge is 0.230 e. The third-order valence-electron chi connectivity index (χ3n) is 5.60. The van der Waals surface area contributed by atoms with Crippen LogP contribution in [-0.2, 0) is 14.6 Å². The number of thioether (sulfide) groups is 1. The molecule has 0 saturated heterocycles. The molecular formula is C24H27N3O3S2. The van der Waals surface area contributed by atoms with Crippen LogP contribution >= 0.6 is 11.8 Å². The molecule has 1 aliphatic rings. The van der Waals surface area contributed by atoms with Crippen LogP contribution in [0.2, 0.25) is 0 Å². The molecule has 0 bridgehead atoms. The maximum absolute atomic E-state index is 13.3. The van der Waals surface area contributed by atoms with Crippen molar-refractivity contribution < 1.29 is 13.2 Å². The third kappa shape index (κ3) is 5.24. The Morgan fingerprint density at radius 1 is 1.06 bits per heavy atom. The van der Waals surface area contributed by atoms with Gasteiger partial charge in [0.15, 0.2) is 5.03 Å². The summed E-state index contributed by atoms with van der Waals surface area (Å²) >= 11 is 1.15. The highest BCUT2D eigenvalue weighted by atomic mass is 32.2. The summed E-state index contributed by atoms with van der Waals surface area (Å²) in [4.78, 5) is 20.3. The molecule has 0 unspecified atom stereocenters. The van der Waals surface area contributed by atoms with E-state index in [1.807, 2.05) is 31.2 Å². The number of rotatable bonds is 7. The number of carbonyl (C=O) groups is 1. The average Bonchev–Trinajstić information content (AvgIpc) is 3.25. The van der Waals surface area contributed by atoms with E-state index in [1.165, 1.54) is 6.42 Å². The summed E-state index contributed by atoms with van der Waals surface area (Å²) < 4.78 is 26.7. The van der Waals surface area contributed by atoms with E-state index in [1.54, 1.807) is 30.3 Å². The second kappa shape index (κ2) is 9.92. The monoisotopic (exact) mass is 469 g/mol. The Bertz CT molecular complexity index is 1170. The first-order valence-corrected chi connectivity index (χ1v) is 13.3. The van der Waals surface area contributed by atoms with E-state index in [9.17, 15) is 13.2 Å². The molecule has 0 radical (unpaired) electrons. The molecule has 0 spiro atoms. The Hall–Kier alpha value is -2.58. The highest BCUT2D eigenvalue weighted by molar-refractivity contribution is 8.00. The van der Waals surface area contributed by atoms with Gasteiger partial charge >= 0.3 is 0 Å². The fourth-order valence-corrected chi connectivity index (χ4v) is 6.29. The Kier molecular flexibility index (Phi) is 7.01. The van der Waals surface area contributed by atoms with Crippen LogP contribution in [0.4, 0.5) is 0 Å². The number of H-pyrrole nitrogens is 1. The summed E-state index contributed by atoms with van der Waals surface area (Å²) in [6.45, 7) is 1.99. The van der Waals surface area contributed by atoms with Crippen molar-refractivity contribution in [3.05, 3.63) is 60.2 Å². The largest absolute Gasteiger partial charge is 0.353 e. The zero-order chi connectivity index (χ0) is 22.6. The summed E-state index contributed by atoms with van der Waals surface area (Å²) in [5.74, 6) is 0.492. The molecule has 1 aliphatic carbocycles. The molecular weight excluding hydrogens is 442 g/mol. The van der Waals surface area contributed by atoms with Crippen molar-refractivity contribution >= 4 is 27.5 Å². The highest BCUT2D eigenvalue weighted by Gasteiger charge is 2.27. The molecule has 1 heterocycles. The van der Waals surface area contributed by atoms with Gasteiger partial charge in [-0.1, -0.05) is 79.1 Å². The van der Waals surface area contributed by atoms with E-state index in [0.717, 1.165) is 48.6 Å². The summed E-state index contributed by atoms with van der Waals surface area (Å²) in [6, 6.07) is 16.2. The Balaban J connectivity index is 1.60. The number of sulfone groups is 1. The third-order valence-corrected chi connectivity index (χ3v) is 8.43. The highest BCUT2D eigenvalue weighted by Crippen LogP contribution is 2.32. The molecule has 4 rings (SSSR count). The molecule has 6 nitrogen and oxygen atoms in total. The van der Waals surface area contributed by atoms with E-state index < -0.39 is 9.84 Å². The van der Waals surface area contributed by atoms with E-state index in [0.29, 0.717) is 10.9 Å². The first-order valence-electron chi connectivity index (χ1n) is 10.8. The Morgan fingerprint density at radius 2 is 1.75 bits per heavy atom. The van der Waals surface area contributed by atoms with Gasteiger partial charge in [0.1, 0.15) is 10.9 Å². The zero-order valence-electron chi connectivity index (χ0n) is 18.0. The number of carbonyl (C=O) groups excluding carboxylic acids is 1. The molecule has 2 N–H and O–H groups in total. The molecule has 3 aromatic rings. The van der Waals surface area contributed by atoms with E-state index in [2.05, 4.69) is 15.3 Å². The van der Waals surface area contributed by atoms with Crippen molar-refractivity contribution in [1.82, 2.24) is 15.3 Å². The van der Waals surface area contributed by atoms with Crippen LogP contribution in [0.25, 0.3) is 11.4 Å². The van der Waals surface area contributed by atoms with Crippen LogP contribution in [0, 0.1) is 6.92 Å². The van der Waals surface area contributed by atoms with Gasteiger partial charge < -0.3 is 10.3 Å². The van der Waals surface area contributed by atoms with Crippen LogP contribution in [0.5, 0.6) is 0 Å². The van der Waals surface area contributed by atoms with Crippen LogP contribution in [0.15, 0.2) is 69.5 Å². The number of nitrogens with zero attached hydrogens (tertiary/aromatic N) is 1. The molecule has 1 fully saturated rings. The maximum atomic E-state index is 13.3. The molecule has 8 heteroatoms. The van der Waals surface area contributed by atoms with Gasteiger partial charge in [0.25, 0.3) is 0 Å². The maximum Gasteiger partial charge on any atom is 0.230 e.